The number of hydrogen-bond acceptors (Lipinski definition) is 4. The van der Waals surface area contributed by atoms with Crippen LogP contribution in [0.3, 0.4) is 0 Å². The number of anilines is 2. The largest absolute Gasteiger partial charge is 0.484 e. The monoisotopic (exact) mass is 477 g/mol. The highest BCUT2D eigenvalue weighted by Gasteiger charge is 2.35. The van der Waals surface area contributed by atoms with Crippen molar-refractivity contribution in [2.24, 2.45) is 11.8 Å². The molecule has 3 amide bonds. The van der Waals surface area contributed by atoms with Gasteiger partial charge in [-0.15, -0.1) is 0 Å². The van der Waals surface area contributed by atoms with Crippen LogP contribution in [0.1, 0.15) is 25.8 Å². The first-order valence-electron chi connectivity index (χ1n) is 10.8. The van der Waals surface area contributed by atoms with E-state index in [1.165, 1.54) is 17.0 Å². The van der Waals surface area contributed by atoms with E-state index in [2.05, 4.69) is 10.6 Å². The summed E-state index contributed by atoms with van der Waals surface area (Å²) < 4.78 is 43.8. The molecule has 0 unspecified atom stereocenters. The third kappa shape index (κ3) is 6.72. The highest BCUT2D eigenvalue weighted by molar-refractivity contribution is 6.00. The molecule has 0 spiro atoms. The van der Waals surface area contributed by atoms with Gasteiger partial charge in [0.1, 0.15) is 5.75 Å². The Bertz CT molecular complexity index is 1040. The minimum atomic E-state index is -4.51. The van der Waals surface area contributed by atoms with Gasteiger partial charge in [-0.1, -0.05) is 19.9 Å². The highest BCUT2D eigenvalue weighted by atomic mass is 19.4. The summed E-state index contributed by atoms with van der Waals surface area (Å²) in [5.74, 6) is -0.664. The summed E-state index contributed by atoms with van der Waals surface area (Å²) in [5, 5.41) is 5.21. The van der Waals surface area contributed by atoms with Crippen LogP contribution in [0.15, 0.2) is 48.5 Å². The van der Waals surface area contributed by atoms with Crippen molar-refractivity contribution in [2.45, 2.75) is 26.4 Å². The van der Waals surface area contributed by atoms with Gasteiger partial charge in [-0.3, -0.25) is 14.4 Å². The number of ether oxygens (including phenoxy) is 1. The van der Waals surface area contributed by atoms with Crippen LogP contribution in [0, 0.1) is 11.8 Å². The molecular formula is C24H26F3N3O4. The lowest BCUT2D eigenvalue weighted by Gasteiger charge is -2.17. The molecular weight excluding hydrogens is 451 g/mol. The summed E-state index contributed by atoms with van der Waals surface area (Å²) in [5.41, 5.74) is -0.249. The number of nitrogens with one attached hydrogen (secondary N) is 2. The molecule has 0 aliphatic carbocycles. The standard InChI is InChI=1S/C24H26F3N3O4/c1-15(2)12-28-23(33)16-10-22(32)30(13-16)19-6-8-20(9-7-19)34-14-21(31)29-18-5-3-4-17(11-18)24(25,26)27/h3-9,11,15-16H,10,12-14H2,1-2H3,(H,28,33)(H,29,31)/t16-/m1/s1. The molecule has 182 valence electrons. The maximum atomic E-state index is 12.8. The lowest BCUT2D eigenvalue weighted by molar-refractivity contribution is -0.137. The first kappa shape index (κ1) is 25.1. The van der Waals surface area contributed by atoms with Crippen LogP contribution >= 0.6 is 0 Å². The van der Waals surface area contributed by atoms with E-state index in [1.54, 1.807) is 24.3 Å². The van der Waals surface area contributed by atoms with Crippen molar-refractivity contribution in [2.75, 3.05) is 29.9 Å². The molecule has 7 nitrogen and oxygen atoms in total. The number of amides is 3. The van der Waals surface area contributed by atoms with Gasteiger partial charge in [-0.2, -0.15) is 13.2 Å². The van der Waals surface area contributed by atoms with Crippen LogP contribution in [-0.4, -0.2) is 37.4 Å². The zero-order valence-electron chi connectivity index (χ0n) is 18.8. The molecule has 0 saturated carbocycles. The summed E-state index contributed by atoms with van der Waals surface area (Å²) in [6.07, 6.45) is -4.37. The van der Waals surface area contributed by atoms with Crippen molar-refractivity contribution in [3.8, 4) is 5.75 Å². The topological polar surface area (TPSA) is 87.7 Å². The predicted molar refractivity (Wildman–Crippen MR) is 120 cm³/mol. The molecule has 3 rings (SSSR count). The van der Waals surface area contributed by atoms with E-state index in [4.69, 9.17) is 4.74 Å². The Morgan fingerprint density at radius 1 is 1.15 bits per heavy atom. The Kier molecular flexibility index (Phi) is 7.80. The van der Waals surface area contributed by atoms with Crippen LogP contribution in [0.4, 0.5) is 24.5 Å². The zero-order chi connectivity index (χ0) is 24.9. The smallest absolute Gasteiger partial charge is 0.416 e. The molecule has 1 heterocycles. The molecule has 1 atom stereocenters. The fraction of sp³-hybridized carbons (Fsp3) is 0.375. The minimum Gasteiger partial charge on any atom is -0.484 e. The van der Waals surface area contributed by atoms with E-state index >= 15 is 0 Å². The Labute approximate surface area is 195 Å². The number of alkyl halides is 3. The van der Waals surface area contributed by atoms with Gasteiger partial charge in [-0.05, 0) is 48.4 Å². The molecule has 1 aliphatic rings. The average molecular weight is 477 g/mol. The van der Waals surface area contributed by atoms with Gasteiger partial charge in [0.15, 0.2) is 6.61 Å². The quantitative estimate of drug-likeness (QED) is 0.605. The summed E-state index contributed by atoms with van der Waals surface area (Å²) in [6, 6.07) is 10.8. The van der Waals surface area contributed by atoms with Crippen LogP contribution in [0.25, 0.3) is 0 Å². The van der Waals surface area contributed by atoms with E-state index in [1.807, 2.05) is 13.8 Å². The van der Waals surface area contributed by atoms with Gasteiger partial charge in [0.25, 0.3) is 5.91 Å². The van der Waals surface area contributed by atoms with Crippen molar-refractivity contribution in [3.63, 3.8) is 0 Å². The fourth-order valence-electron chi connectivity index (χ4n) is 3.42. The molecule has 2 aromatic rings. The maximum Gasteiger partial charge on any atom is 0.416 e. The van der Waals surface area contributed by atoms with Crippen molar-refractivity contribution in [1.82, 2.24) is 5.32 Å². The molecule has 2 N–H and O–H groups in total. The molecule has 1 aliphatic heterocycles. The normalized spacial score (nSPS) is 16.0. The maximum absolute atomic E-state index is 12.8. The average Bonchev–Trinajstić information content (AvgIpc) is 3.17. The van der Waals surface area contributed by atoms with Crippen LogP contribution in [0.2, 0.25) is 0 Å². The number of carbonyl (C=O) groups is 3. The lowest BCUT2D eigenvalue weighted by atomic mass is 10.1. The zero-order valence-corrected chi connectivity index (χ0v) is 18.8. The first-order chi connectivity index (χ1) is 16.0. The SMILES string of the molecule is CC(C)CNC(=O)[C@@H]1CC(=O)N(c2ccc(OCC(=O)Nc3cccc(C(F)(F)F)c3)cc2)C1. The Morgan fingerprint density at radius 2 is 1.85 bits per heavy atom. The van der Waals surface area contributed by atoms with Gasteiger partial charge < -0.3 is 20.3 Å². The second kappa shape index (κ2) is 10.6. The van der Waals surface area contributed by atoms with E-state index in [9.17, 15) is 27.6 Å². The van der Waals surface area contributed by atoms with Gasteiger partial charge in [-0.25, -0.2) is 0 Å². The molecule has 1 fully saturated rings. The van der Waals surface area contributed by atoms with E-state index in [0.29, 0.717) is 23.9 Å². The molecule has 0 bridgehead atoms. The fourth-order valence-corrected chi connectivity index (χ4v) is 3.42. The number of carbonyl (C=O) groups excluding carboxylic acids is 3. The van der Waals surface area contributed by atoms with Crippen LogP contribution in [0.5, 0.6) is 5.75 Å². The van der Waals surface area contributed by atoms with Crippen molar-refractivity contribution in [3.05, 3.63) is 54.1 Å². The van der Waals surface area contributed by atoms with Crippen molar-refractivity contribution < 1.29 is 32.3 Å². The Hall–Kier alpha value is -3.56. The van der Waals surface area contributed by atoms with E-state index in [-0.39, 0.29) is 30.5 Å². The molecule has 10 heteroatoms. The molecule has 34 heavy (non-hydrogen) atoms. The number of nitrogens with zero attached hydrogens (tertiary/aromatic N) is 1. The second-order valence-corrected chi connectivity index (χ2v) is 8.45. The summed E-state index contributed by atoms with van der Waals surface area (Å²) in [4.78, 5) is 38.2. The highest BCUT2D eigenvalue weighted by Crippen LogP contribution is 2.31. The number of hydrogen-bond donors (Lipinski definition) is 2. The lowest BCUT2D eigenvalue weighted by Crippen LogP contribution is -2.35. The first-order valence-corrected chi connectivity index (χ1v) is 10.8. The summed E-state index contributed by atoms with van der Waals surface area (Å²) >= 11 is 0. The van der Waals surface area contributed by atoms with Gasteiger partial charge in [0.05, 0.1) is 11.5 Å². The molecule has 2 aromatic carbocycles. The summed E-state index contributed by atoms with van der Waals surface area (Å²) in [6.45, 7) is 4.41. The van der Waals surface area contributed by atoms with Crippen LogP contribution < -0.4 is 20.3 Å². The number of halogens is 3. The van der Waals surface area contributed by atoms with Crippen molar-refractivity contribution in [1.29, 1.82) is 0 Å². The third-order valence-corrected chi connectivity index (χ3v) is 5.17. The minimum absolute atomic E-state index is 0.0123. The Morgan fingerprint density at radius 3 is 2.50 bits per heavy atom. The summed E-state index contributed by atoms with van der Waals surface area (Å²) in [7, 11) is 0. The van der Waals surface area contributed by atoms with E-state index in [0.717, 1.165) is 12.1 Å². The van der Waals surface area contributed by atoms with Gasteiger partial charge in [0.2, 0.25) is 11.8 Å². The van der Waals surface area contributed by atoms with E-state index < -0.39 is 30.2 Å². The Balaban J connectivity index is 1.52. The molecule has 0 radical (unpaired) electrons. The molecule has 0 aromatic heterocycles. The van der Waals surface area contributed by atoms with Gasteiger partial charge in [0, 0.05) is 30.9 Å². The number of rotatable bonds is 8. The third-order valence-electron chi connectivity index (χ3n) is 5.17. The number of benzene rings is 2. The van der Waals surface area contributed by atoms with Gasteiger partial charge >= 0.3 is 6.18 Å². The van der Waals surface area contributed by atoms with Crippen LogP contribution in [-0.2, 0) is 20.6 Å². The second-order valence-electron chi connectivity index (χ2n) is 8.45. The predicted octanol–water partition coefficient (Wildman–Crippen LogP) is 3.85. The molecule has 1 saturated heterocycles. The van der Waals surface area contributed by atoms with Crippen molar-refractivity contribution >= 4 is 29.1 Å².